The molecule has 21 heavy (non-hydrogen) atoms. The molecular formula is C13H20N2O5S. The summed E-state index contributed by atoms with van der Waals surface area (Å²) >= 11 is 0. The summed E-state index contributed by atoms with van der Waals surface area (Å²) in [6, 6.07) is 5.86. The molecule has 0 fully saturated rings. The smallest absolute Gasteiger partial charge is 0.259 e. The lowest BCUT2D eigenvalue weighted by Gasteiger charge is -2.11. The molecule has 1 rings (SSSR count). The van der Waals surface area contributed by atoms with E-state index in [4.69, 9.17) is 9.47 Å². The van der Waals surface area contributed by atoms with E-state index in [1.807, 2.05) is 0 Å². The maximum atomic E-state index is 11.9. The third-order valence-electron chi connectivity index (χ3n) is 2.59. The Morgan fingerprint density at radius 1 is 1.24 bits per heavy atom. The molecule has 0 radical (unpaired) electrons. The molecule has 8 heteroatoms. The van der Waals surface area contributed by atoms with Gasteiger partial charge in [-0.1, -0.05) is 0 Å². The summed E-state index contributed by atoms with van der Waals surface area (Å²) < 4.78 is 36.3. The van der Waals surface area contributed by atoms with E-state index in [2.05, 4.69) is 4.72 Å². The highest BCUT2D eigenvalue weighted by Crippen LogP contribution is 2.15. The molecule has 0 spiro atoms. The number of benzene rings is 1. The zero-order valence-electron chi connectivity index (χ0n) is 12.3. The van der Waals surface area contributed by atoms with E-state index in [1.54, 1.807) is 14.1 Å². The van der Waals surface area contributed by atoms with Crippen LogP contribution < -0.4 is 9.46 Å². The maximum absolute atomic E-state index is 11.9. The van der Waals surface area contributed by atoms with Crippen LogP contribution in [0.4, 0.5) is 0 Å². The van der Waals surface area contributed by atoms with Crippen LogP contribution in [0.3, 0.4) is 0 Å². The number of amides is 1. The highest BCUT2D eigenvalue weighted by atomic mass is 32.2. The third kappa shape index (κ3) is 5.70. The minimum Gasteiger partial charge on any atom is -0.484 e. The van der Waals surface area contributed by atoms with Crippen LogP contribution in [0.25, 0.3) is 0 Å². The quantitative estimate of drug-likeness (QED) is 0.687. The normalized spacial score (nSPS) is 11.2. The molecule has 0 aliphatic rings. The summed E-state index contributed by atoms with van der Waals surface area (Å²) in [5.74, 6) is 0.258. The number of hydrogen-bond donors (Lipinski definition) is 1. The van der Waals surface area contributed by atoms with Crippen molar-refractivity contribution >= 4 is 15.9 Å². The number of likely N-dealkylation sites (N-methyl/N-ethyl adjacent to an activating group) is 1. The van der Waals surface area contributed by atoms with Gasteiger partial charge in [0.15, 0.2) is 6.61 Å². The first-order valence-electron chi connectivity index (χ1n) is 6.28. The van der Waals surface area contributed by atoms with Crippen LogP contribution >= 0.6 is 0 Å². The number of sulfonamides is 1. The molecule has 0 heterocycles. The zero-order chi connectivity index (χ0) is 15.9. The average Bonchev–Trinajstić information content (AvgIpc) is 2.45. The van der Waals surface area contributed by atoms with Crippen LogP contribution in [-0.2, 0) is 19.6 Å². The third-order valence-corrected chi connectivity index (χ3v) is 4.07. The van der Waals surface area contributed by atoms with Crippen molar-refractivity contribution in [2.45, 2.75) is 4.90 Å². The molecular weight excluding hydrogens is 296 g/mol. The standard InChI is InChI=1S/C13H20N2O5S/c1-15(2)13(16)10-20-11-4-6-12(7-5-11)21(17,18)14-8-9-19-3/h4-7,14H,8-10H2,1-3H3. The molecule has 0 saturated carbocycles. The molecule has 0 atom stereocenters. The molecule has 0 unspecified atom stereocenters. The van der Waals surface area contributed by atoms with Gasteiger partial charge in [0.25, 0.3) is 5.91 Å². The number of methoxy groups -OCH3 is 1. The average molecular weight is 316 g/mol. The Labute approximate surface area is 124 Å². The molecule has 0 aliphatic heterocycles. The first-order chi connectivity index (χ1) is 9.86. The molecule has 1 aromatic carbocycles. The Hall–Kier alpha value is -1.64. The summed E-state index contributed by atoms with van der Waals surface area (Å²) in [7, 11) is 1.20. The van der Waals surface area contributed by atoms with Crippen LogP contribution in [-0.4, -0.2) is 60.2 Å². The van der Waals surface area contributed by atoms with E-state index >= 15 is 0 Å². The van der Waals surface area contributed by atoms with E-state index in [0.717, 1.165) is 0 Å². The van der Waals surface area contributed by atoms with E-state index in [-0.39, 0.29) is 24.0 Å². The SMILES string of the molecule is COCCNS(=O)(=O)c1ccc(OCC(=O)N(C)C)cc1. The molecule has 1 aromatic rings. The van der Waals surface area contributed by atoms with Gasteiger partial charge in [-0.2, -0.15) is 0 Å². The number of carbonyl (C=O) groups excluding carboxylic acids is 1. The van der Waals surface area contributed by atoms with Gasteiger partial charge in [0, 0.05) is 27.7 Å². The molecule has 118 valence electrons. The Bertz CT molecular complexity index is 554. The van der Waals surface area contributed by atoms with Crippen molar-refractivity contribution in [3.05, 3.63) is 24.3 Å². The zero-order valence-corrected chi connectivity index (χ0v) is 13.1. The molecule has 0 aromatic heterocycles. The van der Waals surface area contributed by atoms with Gasteiger partial charge in [-0.25, -0.2) is 13.1 Å². The van der Waals surface area contributed by atoms with E-state index < -0.39 is 10.0 Å². The summed E-state index contributed by atoms with van der Waals surface area (Å²) in [5.41, 5.74) is 0. The first-order valence-corrected chi connectivity index (χ1v) is 7.77. The van der Waals surface area contributed by atoms with Crippen molar-refractivity contribution in [1.82, 2.24) is 9.62 Å². The summed E-state index contributed by atoms with van der Waals surface area (Å²) in [6.45, 7) is 0.409. The highest BCUT2D eigenvalue weighted by Gasteiger charge is 2.13. The van der Waals surface area contributed by atoms with Gasteiger partial charge in [-0.3, -0.25) is 4.79 Å². The van der Waals surface area contributed by atoms with Gasteiger partial charge < -0.3 is 14.4 Å². The van der Waals surface area contributed by atoms with Gasteiger partial charge in [0.2, 0.25) is 10.0 Å². The van der Waals surface area contributed by atoms with Gasteiger partial charge in [0.1, 0.15) is 5.75 Å². The summed E-state index contributed by atoms with van der Waals surface area (Å²) in [6.07, 6.45) is 0. The number of ether oxygens (including phenoxy) is 2. The van der Waals surface area contributed by atoms with E-state index in [1.165, 1.54) is 36.3 Å². The molecule has 1 amide bonds. The van der Waals surface area contributed by atoms with Crippen LogP contribution in [0, 0.1) is 0 Å². The van der Waals surface area contributed by atoms with Crippen molar-refractivity contribution < 1.29 is 22.7 Å². The van der Waals surface area contributed by atoms with E-state index in [0.29, 0.717) is 12.4 Å². The second-order valence-corrected chi connectivity index (χ2v) is 6.21. The predicted octanol–water partition coefficient (Wildman–Crippen LogP) is 0.0783. The molecule has 7 nitrogen and oxygen atoms in total. The molecule has 0 saturated heterocycles. The van der Waals surface area contributed by atoms with Crippen LogP contribution in [0.5, 0.6) is 5.75 Å². The number of carbonyl (C=O) groups is 1. The number of nitrogens with zero attached hydrogens (tertiary/aromatic N) is 1. The topological polar surface area (TPSA) is 84.9 Å². The Morgan fingerprint density at radius 3 is 2.38 bits per heavy atom. The predicted molar refractivity (Wildman–Crippen MR) is 77.7 cm³/mol. The first kappa shape index (κ1) is 17.4. The van der Waals surface area contributed by atoms with Crippen molar-refractivity contribution in [3.8, 4) is 5.75 Å². The fourth-order valence-electron chi connectivity index (χ4n) is 1.35. The van der Waals surface area contributed by atoms with Crippen LogP contribution in [0.2, 0.25) is 0 Å². The lowest BCUT2D eigenvalue weighted by Crippen LogP contribution is -2.28. The fourth-order valence-corrected chi connectivity index (χ4v) is 2.36. The molecule has 1 N–H and O–H groups in total. The highest BCUT2D eigenvalue weighted by molar-refractivity contribution is 7.89. The van der Waals surface area contributed by atoms with Crippen LogP contribution in [0.15, 0.2) is 29.2 Å². The minimum absolute atomic E-state index is 0.0921. The number of nitrogens with one attached hydrogen (secondary N) is 1. The van der Waals surface area contributed by atoms with Crippen molar-refractivity contribution in [2.75, 3.05) is 41.0 Å². The van der Waals surface area contributed by atoms with Gasteiger partial charge in [0.05, 0.1) is 11.5 Å². The lowest BCUT2D eigenvalue weighted by molar-refractivity contribution is -0.130. The largest absolute Gasteiger partial charge is 0.484 e. The van der Waals surface area contributed by atoms with Gasteiger partial charge >= 0.3 is 0 Å². The number of hydrogen-bond acceptors (Lipinski definition) is 5. The fraction of sp³-hybridized carbons (Fsp3) is 0.462. The van der Waals surface area contributed by atoms with E-state index in [9.17, 15) is 13.2 Å². The van der Waals surface area contributed by atoms with Gasteiger partial charge in [-0.05, 0) is 24.3 Å². The van der Waals surface area contributed by atoms with Gasteiger partial charge in [-0.15, -0.1) is 0 Å². The van der Waals surface area contributed by atoms with Crippen molar-refractivity contribution in [3.63, 3.8) is 0 Å². The van der Waals surface area contributed by atoms with Crippen molar-refractivity contribution in [1.29, 1.82) is 0 Å². The second kappa shape index (κ2) is 7.96. The molecule has 0 aliphatic carbocycles. The Morgan fingerprint density at radius 2 is 1.86 bits per heavy atom. The maximum Gasteiger partial charge on any atom is 0.259 e. The second-order valence-electron chi connectivity index (χ2n) is 4.44. The monoisotopic (exact) mass is 316 g/mol. The number of rotatable bonds is 8. The minimum atomic E-state index is -3.55. The summed E-state index contributed by atoms with van der Waals surface area (Å²) in [4.78, 5) is 12.9. The summed E-state index contributed by atoms with van der Waals surface area (Å²) in [5, 5.41) is 0. The Kier molecular flexibility index (Phi) is 6.60. The lowest BCUT2D eigenvalue weighted by atomic mass is 10.3. The van der Waals surface area contributed by atoms with Crippen LogP contribution in [0.1, 0.15) is 0 Å². The van der Waals surface area contributed by atoms with Crippen molar-refractivity contribution in [2.24, 2.45) is 0 Å². The Balaban J connectivity index is 2.63. The molecule has 0 bridgehead atoms.